The summed E-state index contributed by atoms with van der Waals surface area (Å²) in [5.74, 6) is 0.838. The van der Waals surface area contributed by atoms with Crippen molar-refractivity contribution in [1.82, 2.24) is 0 Å². The third-order valence-electron chi connectivity index (χ3n) is 4.86. The van der Waals surface area contributed by atoms with Crippen LogP contribution in [0.25, 0.3) is 0 Å². The van der Waals surface area contributed by atoms with Crippen LogP contribution in [-0.2, 0) is 32.2 Å². The van der Waals surface area contributed by atoms with Crippen molar-refractivity contribution in [3.8, 4) is 5.75 Å². The average Bonchev–Trinajstić information content (AvgIpc) is 2.67. The SMILES string of the molecule is COc1cc(COC2CCCCO2)c(C)cc1COC1CCCCO1. The topological polar surface area (TPSA) is 46.2 Å². The molecule has 2 heterocycles. The van der Waals surface area contributed by atoms with E-state index < -0.39 is 0 Å². The van der Waals surface area contributed by atoms with E-state index in [2.05, 4.69) is 19.1 Å². The number of aryl methyl sites for hydroxylation is 1. The molecule has 2 aliphatic heterocycles. The van der Waals surface area contributed by atoms with Crippen LogP contribution < -0.4 is 4.74 Å². The van der Waals surface area contributed by atoms with Gasteiger partial charge in [-0.3, -0.25) is 0 Å². The fourth-order valence-corrected chi connectivity index (χ4v) is 3.30. The van der Waals surface area contributed by atoms with Gasteiger partial charge in [-0.2, -0.15) is 0 Å². The zero-order valence-electron chi connectivity index (χ0n) is 15.4. The molecule has 5 nitrogen and oxygen atoms in total. The van der Waals surface area contributed by atoms with Crippen molar-refractivity contribution < 1.29 is 23.7 Å². The van der Waals surface area contributed by atoms with E-state index in [1.165, 1.54) is 18.4 Å². The molecule has 3 rings (SSSR count). The number of benzene rings is 1. The number of ether oxygens (including phenoxy) is 5. The molecular weight excluding hydrogens is 320 g/mol. The van der Waals surface area contributed by atoms with Crippen LogP contribution in [0, 0.1) is 6.92 Å². The monoisotopic (exact) mass is 350 g/mol. The maximum atomic E-state index is 5.92. The minimum atomic E-state index is -0.0924. The van der Waals surface area contributed by atoms with Crippen molar-refractivity contribution >= 4 is 0 Å². The highest BCUT2D eigenvalue weighted by atomic mass is 16.7. The maximum absolute atomic E-state index is 5.92. The third-order valence-corrected chi connectivity index (χ3v) is 4.86. The molecule has 0 radical (unpaired) electrons. The Morgan fingerprint density at radius 3 is 2.00 bits per heavy atom. The molecule has 0 amide bonds. The fourth-order valence-electron chi connectivity index (χ4n) is 3.30. The van der Waals surface area contributed by atoms with Gasteiger partial charge in [0.15, 0.2) is 12.6 Å². The summed E-state index contributed by atoms with van der Waals surface area (Å²) >= 11 is 0. The van der Waals surface area contributed by atoms with E-state index in [0.717, 1.165) is 55.8 Å². The van der Waals surface area contributed by atoms with E-state index in [1.807, 2.05) is 0 Å². The number of rotatable bonds is 7. The summed E-state index contributed by atoms with van der Waals surface area (Å²) < 4.78 is 28.7. The zero-order chi connectivity index (χ0) is 17.5. The molecule has 2 aliphatic rings. The first-order chi connectivity index (χ1) is 12.3. The summed E-state index contributed by atoms with van der Waals surface area (Å²) in [7, 11) is 1.69. The lowest BCUT2D eigenvalue weighted by Crippen LogP contribution is -2.22. The summed E-state index contributed by atoms with van der Waals surface area (Å²) in [5.41, 5.74) is 3.36. The molecule has 0 spiro atoms. The Morgan fingerprint density at radius 1 is 0.880 bits per heavy atom. The fraction of sp³-hybridized carbons (Fsp3) is 0.700. The van der Waals surface area contributed by atoms with Gasteiger partial charge in [0.25, 0.3) is 0 Å². The van der Waals surface area contributed by atoms with Crippen molar-refractivity contribution in [3.05, 3.63) is 28.8 Å². The summed E-state index contributed by atoms with van der Waals surface area (Å²) in [6.45, 7) is 4.73. The molecule has 2 atom stereocenters. The number of methoxy groups -OCH3 is 1. The molecule has 1 aromatic rings. The third kappa shape index (κ3) is 5.42. The number of hydrogen-bond acceptors (Lipinski definition) is 5. The van der Waals surface area contributed by atoms with Crippen LogP contribution in [0.2, 0.25) is 0 Å². The molecule has 25 heavy (non-hydrogen) atoms. The molecule has 0 N–H and O–H groups in total. The maximum Gasteiger partial charge on any atom is 0.158 e. The van der Waals surface area contributed by atoms with Gasteiger partial charge in [0.1, 0.15) is 5.75 Å². The van der Waals surface area contributed by atoms with Crippen molar-refractivity contribution in [1.29, 1.82) is 0 Å². The van der Waals surface area contributed by atoms with E-state index in [0.29, 0.717) is 13.2 Å². The van der Waals surface area contributed by atoms with Crippen LogP contribution in [0.4, 0.5) is 0 Å². The van der Waals surface area contributed by atoms with Gasteiger partial charge in [-0.15, -0.1) is 0 Å². The molecule has 0 aliphatic carbocycles. The Balaban J connectivity index is 1.58. The second-order valence-electron chi connectivity index (χ2n) is 6.80. The predicted molar refractivity (Wildman–Crippen MR) is 94.5 cm³/mol. The van der Waals surface area contributed by atoms with Crippen LogP contribution in [0.15, 0.2) is 12.1 Å². The standard InChI is InChI=1S/C20H30O5/c1-15-11-17(14-25-20-8-4-6-10-23-20)18(21-2)12-16(15)13-24-19-7-3-5-9-22-19/h11-12,19-20H,3-10,13-14H2,1-2H3. The first-order valence-electron chi connectivity index (χ1n) is 9.39. The normalized spacial score (nSPS) is 24.2. The summed E-state index contributed by atoms with van der Waals surface area (Å²) in [4.78, 5) is 0. The lowest BCUT2D eigenvalue weighted by molar-refractivity contribution is -0.169. The van der Waals surface area contributed by atoms with E-state index in [-0.39, 0.29) is 12.6 Å². The number of hydrogen-bond donors (Lipinski definition) is 0. The largest absolute Gasteiger partial charge is 0.496 e. The van der Waals surface area contributed by atoms with E-state index in [9.17, 15) is 0 Å². The summed E-state index contributed by atoms with van der Waals surface area (Å²) in [5, 5.41) is 0. The first kappa shape index (κ1) is 18.6. The van der Waals surface area contributed by atoms with Gasteiger partial charge in [-0.1, -0.05) is 0 Å². The Kier molecular flexibility index (Phi) is 7.11. The second-order valence-corrected chi connectivity index (χ2v) is 6.80. The van der Waals surface area contributed by atoms with Crippen molar-refractivity contribution in [3.63, 3.8) is 0 Å². The molecule has 140 valence electrons. The van der Waals surface area contributed by atoms with Crippen LogP contribution in [0.5, 0.6) is 5.75 Å². The van der Waals surface area contributed by atoms with Crippen LogP contribution >= 0.6 is 0 Å². The van der Waals surface area contributed by atoms with Gasteiger partial charge in [-0.05, 0) is 68.7 Å². The zero-order valence-corrected chi connectivity index (χ0v) is 15.4. The van der Waals surface area contributed by atoms with Crippen LogP contribution in [0.1, 0.15) is 55.2 Å². The molecule has 2 unspecified atom stereocenters. The van der Waals surface area contributed by atoms with E-state index in [4.69, 9.17) is 23.7 Å². The van der Waals surface area contributed by atoms with Gasteiger partial charge in [-0.25, -0.2) is 0 Å². The van der Waals surface area contributed by atoms with Crippen LogP contribution in [0.3, 0.4) is 0 Å². The highest BCUT2D eigenvalue weighted by molar-refractivity contribution is 5.41. The van der Waals surface area contributed by atoms with Gasteiger partial charge in [0, 0.05) is 18.8 Å². The molecule has 0 bridgehead atoms. The van der Waals surface area contributed by atoms with Gasteiger partial charge < -0.3 is 23.7 Å². The van der Waals surface area contributed by atoms with Crippen molar-refractivity contribution in [2.75, 3.05) is 20.3 Å². The highest BCUT2D eigenvalue weighted by Gasteiger charge is 2.17. The molecular formula is C20H30O5. The second kappa shape index (κ2) is 9.53. The molecule has 5 heteroatoms. The van der Waals surface area contributed by atoms with E-state index >= 15 is 0 Å². The Hall–Kier alpha value is -1.14. The Bertz CT molecular complexity index is 533. The molecule has 0 saturated carbocycles. The quantitative estimate of drug-likeness (QED) is 0.741. The minimum Gasteiger partial charge on any atom is -0.496 e. The molecule has 1 aromatic carbocycles. The molecule has 2 fully saturated rings. The minimum absolute atomic E-state index is 0.0781. The van der Waals surface area contributed by atoms with Crippen LogP contribution in [-0.4, -0.2) is 32.9 Å². The molecule has 0 aromatic heterocycles. The van der Waals surface area contributed by atoms with Crippen molar-refractivity contribution in [2.45, 2.75) is 71.2 Å². The first-order valence-corrected chi connectivity index (χ1v) is 9.39. The summed E-state index contributed by atoms with van der Waals surface area (Å²) in [6, 6.07) is 4.18. The Labute approximate surface area is 150 Å². The summed E-state index contributed by atoms with van der Waals surface area (Å²) in [6.07, 6.45) is 6.37. The smallest absolute Gasteiger partial charge is 0.158 e. The average molecular weight is 350 g/mol. The predicted octanol–water partition coefficient (Wildman–Crippen LogP) is 4.09. The van der Waals surface area contributed by atoms with Gasteiger partial charge in [0.05, 0.1) is 20.3 Å². The lowest BCUT2D eigenvalue weighted by atomic mass is 10.0. The lowest BCUT2D eigenvalue weighted by Gasteiger charge is -2.24. The highest BCUT2D eigenvalue weighted by Crippen LogP contribution is 2.27. The van der Waals surface area contributed by atoms with Crippen molar-refractivity contribution in [2.24, 2.45) is 0 Å². The van der Waals surface area contributed by atoms with Gasteiger partial charge >= 0.3 is 0 Å². The molecule has 2 saturated heterocycles. The van der Waals surface area contributed by atoms with Gasteiger partial charge in [0.2, 0.25) is 0 Å². The van der Waals surface area contributed by atoms with E-state index in [1.54, 1.807) is 7.11 Å². The Morgan fingerprint density at radius 2 is 1.48 bits per heavy atom.